The molecule has 0 spiro atoms. The van der Waals surface area contributed by atoms with Crippen LogP contribution in [-0.4, -0.2) is 27.6 Å². The maximum absolute atomic E-state index is 12.6. The molecule has 3 rings (SSSR count). The number of non-ortho nitro benzene ring substituents is 1. The molecule has 0 unspecified atom stereocenters. The second-order valence-electron chi connectivity index (χ2n) is 5.69. The molecular weight excluding hydrogens is 368 g/mol. The van der Waals surface area contributed by atoms with Gasteiger partial charge in [-0.05, 0) is 48.0 Å². The summed E-state index contributed by atoms with van der Waals surface area (Å²) in [6.45, 7) is 2.54. The van der Waals surface area contributed by atoms with Crippen molar-refractivity contribution in [2.24, 2.45) is 0 Å². The first kappa shape index (κ1) is 18.7. The van der Waals surface area contributed by atoms with Crippen LogP contribution in [0.3, 0.4) is 0 Å². The zero-order valence-electron chi connectivity index (χ0n) is 14.5. The van der Waals surface area contributed by atoms with Crippen molar-refractivity contribution < 1.29 is 19.2 Å². The van der Waals surface area contributed by atoms with Crippen LogP contribution >= 0.6 is 11.8 Å². The van der Waals surface area contributed by atoms with Crippen molar-refractivity contribution in [3.8, 4) is 5.75 Å². The Morgan fingerprint density at radius 3 is 2.37 bits per heavy atom. The van der Waals surface area contributed by atoms with Crippen LogP contribution in [0.1, 0.15) is 18.1 Å². The lowest BCUT2D eigenvalue weighted by Crippen LogP contribution is -2.27. The zero-order chi connectivity index (χ0) is 19.4. The summed E-state index contributed by atoms with van der Waals surface area (Å²) in [6.07, 6.45) is 1.66. The van der Waals surface area contributed by atoms with E-state index in [1.165, 1.54) is 24.3 Å². The molecule has 0 aromatic heterocycles. The van der Waals surface area contributed by atoms with E-state index in [2.05, 4.69) is 0 Å². The highest BCUT2D eigenvalue weighted by molar-refractivity contribution is 8.18. The van der Waals surface area contributed by atoms with Crippen LogP contribution in [0, 0.1) is 10.1 Å². The summed E-state index contributed by atoms with van der Waals surface area (Å²) in [5.74, 6) is 0.359. The highest BCUT2D eigenvalue weighted by Crippen LogP contribution is 2.33. The number of rotatable bonds is 6. The summed E-state index contributed by atoms with van der Waals surface area (Å²) in [5.41, 5.74) is 1.40. The van der Waals surface area contributed by atoms with Crippen molar-refractivity contribution in [1.29, 1.82) is 0 Å². The van der Waals surface area contributed by atoms with E-state index >= 15 is 0 Å². The molecule has 1 aliphatic rings. The minimum Gasteiger partial charge on any atom is -0.494 e. The predicted molar refractivity (Wildman–Crippen MR) is 102 cm³/mol. The number of hydrogen-bond acceptors (Lipinski definition) is 6. The molecule has 7 nitrogen and oxygen atoms in total. The number of carbonyl (C=O) groups is 2. The lowest BCUT2D eigenvalue weighted by atomic mass is 10.2. The standard InChI is InChI=1S/C19H16N2O5S/c1-2-26-16-9-5-13(6-10-16)11-17-18(22)20(19(23)27-17)12-14-3-7-15(8-4-14)21(24)25/h3-11H,2,12H2,1H3/b17-11-. The largest absolute Gasteiger partial charge is 0.494 e. The van der Waals surface area contributed by atoms with Crippen LogP contribution in [-0.2, 0) is 11.3 Å². The molecule has 27 heavy (non-hydrogen) atoms. The Kier molecular flexibility index (Phi) is 5.56. The number of carbonyl (C=O) groups excluding carboxylic acids is 2. The Labute approximate surface area is 159 Å². The van der Waals surface area contributed by atoms with E-state index in [0.717, 1.165) is 28.0 Å². The fourth-order valence-electron chi connectivity index (χ4n) is 2.52. The molecule has 8 heteroatoms. The minimum atomic E-state index is -0.497. The highest BCUT2D eigenvalue weighted by Gasteiger charge is 2.35. The van der Waals surface area contributed by atoms with Crippen LogP contribution in [0.4, 0.5) is 10.5 Å². The third-order valence-electron chi connectivity index (χ3n) is 3.85. The van der Waals surface area contributed by atoms with E-state index in [-0.39, 0.29) is 23.4 Å². The van der Waals surface area contributed by atoms with Gasteiger partial charge in [0.1, 0.15) is 5.75 Å². The number of ether oxygens (including phenoxy) is 1. The molecule has 0 atom stereocenters. The first-order valence-electron chi connectivity index (χ1n) is 8.19. The number of thioether (sulfide) groups is 1. The van der Waals surface area contributed by atoms with Gasteiger partial charge in [-0.3, -0.25) is 24.6 Å². The third-order valence-corrected chi connectivity index (χ3v) is 4.76. The number of nitrogens with zero attached hydrogens (tertiary/aromatic N) is 2. The van der Waals surface area contributed by atoms with E-state index in [9.17, 15) is 19.7 Å². The van der Waals surface area contributed by atoms with Crippen molar-refractivity contribution >= 4 is 34.7 Å². The average molecular weight is 384 g/mol. The van der Waals surface area contributed by atoms with Gasteiger partial charge in [0.05, 0.1) is 23.0 Å². The number of hydrogen-bond donors (Lipinski definition) is 0. The van der Waals surface area contributed by atoms with Crippen molar-refractivity contribution in [3.05, 3.63) is 74.7 Å². The Morgan fingerprint density at radius 1 is 1.11 bits per heavy atom. The van der Waals surface area contributed by atoms with E-state index in [0.29, 0.717) is 17.1 Å². The van der Waals surface area contributed by atoms with Gasteiger partial charge in [0.25, 0.3) is 16.8 Å². The summed E-state index contributed by atoms with van der Waals surface area (Å²) >= 11 is 0.877. The highest BCUT2D eigenvalue weighted by atomic mass is 32.2. The van der Waals surface area contributed by atoms with E-state index in [4.69, 9.17) is 4.74 Å². The SMILES string of the molecule is CCOc1ccc(/C=C2\SC(=O)N(Cc3ccc([N+](=O)[O-])cc3)C2=O)cc1. The van der Waals surface area contributed by atoms with Crippen molar-refractivity contribution in [2.45, 2.75) is 13.5 Å². The number of benzene rings is 2. The Bertz CT molecular complexity index is 907. The predicted octanol–water partition coefficient (Wildman–Crippen LogP) is 4.23. The van der Waals surface area contributed by atoms with Crippen LogP contribution in [0.5, 0.6) is 5.75 Å². The minimum absolute atomic E-state index is 0.0386. The van der Waals surface area contributed by atoms with Crippen molar-refractivity contribution in [2.75, 3.05) is 6.61 Å². The fourth-order valence-corrected chi connectivity index (χ4v) is 3.36. The fraction of sp³-hybridized carbons (Fsp3) is 0.158. The van der Waals surface area contributed by atoms with E-state index in [1.54, 1.807) is 18.2 Å². The maximum atomic E-state index is 12.6. The second-order valence-corrected chi connectivity index (χ2v) is 6.69. The molecule has 1 saturated heterocycles. The number of amides is 2. The maximum Gasteiger partial charge on any atom is 0.293 e. The molecule has 0 N–H and O–H groups in total. The second kappa shape index (κ2) is 8.05. The molecule has 0 aliphatic carbocycles. The van der Waals surface area contributed by atoms with Gasteiger partial charge in [-0.1, -0.05) is 24.3 Å². The zero-order valence-corrected chi connectivity index (χ0v) is 15.3. The molecule has 1 heterocycles. The topological polar surface area (TPSA) is 89.8 Å². The van der Waals surface area contributed by atoms with Gasteiger partial charge in [-0.15, -0.1) is 0 Å². The van der Waals surface area contributed by atoms with Crippen molar-refractivity contribution in [3.63, 3.8) is 0 Å². The number of imide groups is 1. The summed E-state index contributed by atoms with van der Waals surface area (Å²) < 4.78 is 5.38. The molecule has 0 saturated carbocycles. The van der Waals surface area contributed by atoms with Crippen LogP contribution < -0.4 is 4.74 Å². The van der Waals surface area contributed by atoms with Gasteiger partial charge in [-0.25, -0.2) is 0 Å². The van der Waals surface area contributed by atoms with Crippen LogP contribution in [0.2, 0.25) is 0 Å². The lowest BCUT2D eigenvalue weighted by molar-refractivity contribution is -0.384. The van der Waals surface area contributed by atoms with E-state index < -0.39 is 4.92 Å². The average Bonchev–Trinajstić information content (AvgIpc) is 2.91. The molecular formula is C19H16N2O5S. The van der Waals surface area contributed by atoms with Gasteiger partial charge in [-0.2, -0.15) is 0 Å². The summed E-state index contributed by atoms with van der Waals surface area (Å²) in [4.78, 5) is 36.4. The Hall–Kier alpha value is -3.13. The molecule has 2 aromatic rings. The summed E-state index contributed by atoms with van der Waals surface area (Å²) in [6, 6.07) is 13.0. The number of nitro benzene ring substituents is 1. The molecule has 138 valence electrons. The van der Waals surface area contributed by atoms with Gasteiger partial charge in [0.2, 0.25) is 0 Å². The molecule has 1 aliphatic heterocycles. The van der Waals surface area contributed by atoms with Gasteiger partial charge >= 0.3 is 0 Å². The summed E-state index contributed by atoms with van der Waals surface area (Å²) in [5, 5.41) is 10.3. The normalized spacial score (nSPS) is 15.4. The van der Waals surface area contributed by atoms with Gasteiger partial charge in [0.15, 0.2) is 0 Å². The van der Waals surface area contributed by atoms with Gasteiger partial charge < -0.3 is 4.74 Å². The van der Waals surface area contributed by atoms with Crippen LogP contribution in [0.15, 0.2) is 53.4 Å². The molecule has 0 radical (unpaired) electrons. The quantitative estimate of drug-likeness (QED) is 0.421. The molecule has 2 amide bonds. The van der Waals surface area contributed by atoms with Crippen LogP contribution in [0.25, 0.3) is 6.08 Å². The first-order chi connectivity index (χ1) is 13.0. The lowest BCUT2D eigenvalue weighted by Gasteiger charge is -2.12. The Morgan fingerprint density at radius 2 is 1.78 bits per heavy atom. The van der Waals surface area contributed by atoms with Crippen molar-refractivity contribution in [1.82, 2.24) is 4.90 Å². The van der Waals surface area contributed by atoms with Gasteiger partial charge in [0, 0.05) is 12.1 Å². The van der Waals surface area contributed by atoms with E-state index in [1.807, 2.05) is 19.1 Å². The summed E-state index contributed by atoms with van der Waals surface area (Å²) in [7, 11) is 0. The molecule has 2 aromatic carbocycles. The first-order valence-corrected chi connectivity index (χ1v) is 9.01. The third kappa shape index (κ3) is 4.35. The molecule has 1 fully saturated rings. The molecule has 0 bridgehead atoms. The number of nitro groups is 1. The monoisotopic (exact) mass is 384 g/mol. The Balaban J connectivity index is 1.73. The smallest absolute Gasteiger partial charge is 0.293 e.